The van der Waals surface area contributed by atoms with Crippen molar-refractivity contribution in [1.82, 2.24) is 14.8 Å². The maximum Gasteiger partial charge on any atom is 0.234 e. The van der Waals surface area contributed by atoms with E-state index in [2.05, 4.69) is 15.5 Å². The highest BCUT2D eigenvalue weighted by molar-refractivity contribution is 7.99. The van der Waals surface area contributed by atoms with Crippen molar-refractivity contribution in [3.8, 4) is 11.4 Å². The van der Waals surface area contributed by atoms with Crippen molar-refractivity contribution >= 4 is 35.0 Å². The zero-order valence-electron chi connectivity index (χ0n) is 18.4. The molecule has 3 aromatic carbocycles. The minimum Gasteiger partial charge on any atom is -0.494 e. The molecule has 34 heavy (non-hydrogen) atoms. The van der Waals surface area contributed by atoms with Gasteiger partial charge in [-0.15, -0.1) is 10.2 Å². The molecule has 9 heteroatoms. The number of nitrogens with zero attached hydrogens (tertiary/aromatic N) is 3. The molecule has 1 N–H and O–H groups in total. The van der Waals surface area contributed by atoms with E-state index in [-0.39, 0.29) is 16.7 Å². The summed E-state index contributed by atoms with van der Waals surface area (Å²) in [6, 6.07) is 21.7. The number of hydrogen-bond acceptors (Lipinski definition) is 5. The molecule has 0 bridgehead atoms. The summed E-state index contributed by atoms with van der Waals surface area (Å²) >= 11 is 7.06. The third-order valence-electron chi connectivity index (χ3n) is 4.85. The highest BCUT2D eigenvalue weighted by Crippen LogP contribution is 2.26. The van der Waals surface area contributed by atoms with E-state index in [4.69, 9.17) is 16.3 Å². The molecule has 1 amide bonds. The predicted octanol–water partition coefficient (Wildman–Crippen LogP) is 5.78. The Labute approximate surface area is 206 Å². The summed E-state index contributed by atoms with van der Waals surface area (Å²) < 4.78 is 20.9. The largest absolute Gasteiger partial charge is 0.494 e. The van der Waals surface area contributed by atoms with Gasteiger partial charge in [-0.3, -0.25) is 9.36 Å². The third kappa shape index (κ3) is 5.95. The lowest BCUT2D eigenvalue weighted by atomic mass is 10.1. The Bertz CT molecular complexity index is 1270. The van der Waals surface area contributed by atoms with Gasteiger partial charge in [0, 0.05) is 17.8 Å². The maximum atomic E-state index is 13.4. The van der Waals surface area contributed by atoms with Crippen LogP contribution in [0.3, 0.4) is 0 Å². The normalized spacial score (nSPS) is 10.8. The second kappa shape index (κ2) is 11.2. The lowest BCUT2D eigenvalue weighted by Crippen LogP contribution is -2.14. The van der Waals surface area contributed by atoms with Gasteiger partial charge in [-0.2, -0.15) is 0 Å². The summed E-state index contributed by atoms with van der Waals surface area (Å²) in [5.41, 5.74) is 2.40. The van der Waals surface area contributed by atoms with Gasteiger partial charge in [-0.05, 0) is 55.0 Å². The molecule has 4 aromatic rings. The first kappa shape index (κ1) is 23.8. The van der Waals surface area contributed by atoms with E-state index in [9.17, 15) is 9.18 Å². The molecule has 174 valence electrons. The van der Waals surface area contributed by atoms with Gasteiger partial charge in [0.05, 0.1) is 17.4 Å². The Morgan fingerprint density at radius 2 is 1.85 bits per heavy atom. The van der Waals surface area contributed by atoms with Gasteiger partial charge in [0.25, 0.3) is 0 Å². The third-order valence-corrected chi connectivity index (χ3v) is 6.07. The van der Waals surface area contributed by atoms with Crippen molar-refractivity contribution in [3.63, 3.8) is 0 Å². The number of nitrogens with one attached hydrogen (secondary N) is 1. The fourth-order valence-corrected chi connectivity index (χ4v) is 4.26. The number of thioether (sulfide) groups is 1. The Kier molecular flexibility index (Phi) is 7.82. The molecule has 0 unspecified atom stereocenters. The quantitative estimate of drug-likeness (QED) is 0.297. The fraction of sp³-hybridized carbons (Fsp3) is 0.160. The van der Waals surface area contributed by atoms with Crippen molar-refractivity contribution in [3.05, 3.63) is 95.0 Å². The molecule has 0 aliphatic carbocycles. The smallest absolute Gasteiger partial charge is 0.234 e. The molecule has 0 spiro atoms. The Hall–Kier alpha value is -3.36. The number of ether oxygens (including phenoxy) is 1. The molecule has 0 fully saturated rings. The van der Waals surface area contributed by atoms with E-state index in [0.717, 1.165) is 22.8 Å². The Balaban J connectivity index is 1.54. The van der Waals surface area contributed by atoms with Crippen molar-refractivity contribution in [1.29, 1.82) is 0 Å². The first-order chi connectivity index (χ1) is 16.5. The highest BCUT2D eigenvalue weighted by Gasteiger charge is 2.17. The Morgan fingerprint density at radius 3 is 2.56 bits per heavy atom. The van der Waals surface area contributed by atoms with E-state index in [1.807, 2.05) is 66.1 Å². The van der Waals surface area contributed by atoms with Crippen LogP contribution in [0.1, 0.15) is 18.3 Å². The van der Waals surface area contributed by atoms with Crippen LogP contribution in [0.15, 0.2) is 78.0 Å². The van der Waals surface area contributed by atoms with Gasteiger partial charge in [0.1, 0.15) is 17.4 Å². The molecule has 0 saturated heterocycles. The number of rotatable bonds is 9. The zero-order valence-corrected chi connectivity index (χ0v) is 19.9. The highest BCUT2D eigenvalue weighted by atomic mass is 35.5. The second-order valence-electron chi connectivity index (χ2n) is 7.29. The molecule has 1 aromatic heterocycles. The van der Waals surface area contributed by atoms with Crippen LogP contribution < -0.4 is 10.1 Å². The molecule has 0 radical (unpaired) electrons. The summed E-state index contributed by atoms with van der Waals surface area (Å²) in [5.74, 6) is 0.816. The number of carbonyl (C=O) groups excluding carboxylic acids is 1. The number of benzene rings is 3. The predicted molar refractivity (Wildman–Crippen MR) is 133 cm³/mol. The van der Waals surface area contributed by atoms with Crippen molar-refractivity contribution in [2.45, 2.75) is 18.5 Å². The number of aromatic nitrogens is 3. The monoisotopic (exact) mass is 496 g/mol. The van der Waals surface area contributed by atoms with Crippen LogP contribution >= 0.6 is 23.4 Å². The molecule has 0 aliphatic heterocycles. The zero-order chi connectivity index (χ0) is 23.9. The lowest BCUT2D eigenvalue weighted by molar-refractivity contribution is -0.113. The van der Waals surface area contributed by atoms with E-state index in [1.165, 1.54) is 30.0 Å². The number of anilines is 1. The van der Waals surface area contributed by atoms with Gasteiger partial charge in [0.15, 0.2) is 5.16 Å². The van der Waals surface area contributed by atoms with Crippen LogP contribution in [0.25, 0.3) is 5.69 Å². The van der Waals surface area contributed by atoms with Crippen molar-refractivity contribution < 1.29 is 13.9 Å². The van der Waals surface area contributed by atoms with Crippen LogP contribution in [-0.2, 0) is 11.2 Å². The average Bonchev–Trinajstić information content (AvgIpc) is 3.24. The molecular weight excluding hydrogens is 475 g/mol. The first-order valence-electron chi connectivity index (χ1n) is 10.6. The fourth-order valence-electron chi connectivity index (χ4n) is 3.31. The first-order valence-corrected chi connectivity index (χ1v) is 12.0. The standard InChI is InChI=1S/C25H22ClFN4O2S/c1-2-33-20-11-9-19(10-12-20)31-23(14-17-6-4-3-5-7-17)29-30-25(31)34-16-24(32)28-18-8-13-22(27)21(26)15-18/h3-13,15H,2,14,16H2,1H3,(H,28,32). The van der Waals surface area contributed by atoms with E-state index in [1.54, 1.807) is 0 Å². The number of carbonyl (C=O) groups is 1. The summed E-state index contributed by atoms with van der Waals surface area (Å²) in [4.78, 5) is 12.5. The topological polar surface area (TPSA) is 69.0 Å². The van der Waals surface area contributed by atoms with Crippen LogP contribution in [-0.4, -0.2) is 33.0 Å². The van der Waals surface area contributed by atoms with Gasteiger partial charge >= 0.3 is 0 Å². The SMILES string of the molecule is CCOc1ccc(-n2c(Cc3ccccc3)nnc2SCC(=O)Nc2ccc(F)c(Cl)c2)cc1. The van der Waals surface area contributed by atoms with Gasteiger partial charge in [-0.25, -0.2) is 4.39 Å². The lowest BCUT2D eigenvalue weighted by Gasteiger charge is -2.12. The summed E-state index contributed by atoms with van der Waals surface area (Å²) in [5, 5.41) is 12.0. The molecule has 0 aliphatic rings. The van der Waals surface area contributed by atoms with Crippen LogP contribution in [0.4, 0.5) is 10.1 Å². The van der Waals surface area contributed by atoms with Crippen LogP contribution in [0.5, 0.6) is 5.75 Å². The van der Waals surface area contributed by atoms with Crippen LogP contribution in [0.2, 0.25) is 5.02 Å². The van der Waals surface area contributed by atoms with Crippen LogP contribution in [0, 0.1) is 5.82 Å². The van der Waals surface area contributed by atoms with E-state index in [0.29, 0.717) is 23.9 Å². The number of halogens is 2. The Morgan fingerprint density at radius 1 is 1.09 bits per heavy atom. The average molecular weight is 497 g/mol. The summed E-state index contributed by atoms with van der Waals surface area (Å²) in [6.45, 7) is 2.52. The van der Waals surface area contributed by atoms with E-state index >= 15 is 0 Å². The summed E-state index contributed by atoms with van der Waals surface area (Å²) in [7, 11) is 0. The van der Waals surface area contributed by atoms with Gasteiger partial charge in [-0.1, -0.05) is 53.7 Å². The van der Waals surface area contributed by atoms with Gasteiger partial charge < -0.3 is 10.1 Å². The second-order valence-corrected chi connectivity index (χ2v) is 8.64. The number of amides is 1. The summed E-state index contributed by atoms with van der Waals surface area (Å²) in [6.07, 6.45) is 0.585. The molecule has 0 atom stereocenters. The molecule has 6 nitrogen and oxygen atoms in total. The van der Waals surface area contributed by atoms with E-state index < -0.39 is 5.82 Å². The molecule has 0 saturated carbocycles. The molecule has 1 heterocycles. The minimum atomic E-state index is -0.538. The van der Waals surface area contributed by atoms with Gasteiger partial charge in [0.2, 0.25) is 5.91 Å². The molecule has 4 rings (SSSR count). The number of hydrogen-bond donors (Lipinski definition) is 1. The maximum absolute atomic E-state index is 13.4. The van der Waals surface area contributed by atoms with Crippen molar-refractivity contribution in [2.24, 2.45) is 0 Å². The van der Waals surface area contributed by atoms with Crippen molar-refractivity contribution in [2.75, 3.05) is 17.7 Å². The molecular formula is C25H22ClFN4O2S. The minimum absolute atomic E-state index is 0.0498.